The van der Waals surface area contributed by atoms with E-state index >= 15 is 0 Å². The summed E-state index contributed by atoms with van der Waals surface area (Å²) in [4.78, 5) is 7.08. The first-order chi connectivity index (χ1) is 10.0. The van der Waals surface area contributed by atoms with E-state index in [1.165, 1.54) is 0 Å². The maximum atomic E-state index is 12.3. The molecule has 6 heteroatoms. The highest BCUT2D eigenvalue weighted by atomic mass is 32.2. The fourth-order valence-electron chi connectivity index (χ4n) is 2.27. The van der Waals surface area contributed by atoms with Gasteiger partial charge < -0.3 is 4.98 Å². The highest BCUT2D eigenvalue weighted by Gasteiger charge is 2.22. The van der Waals surface area contributed by atoms with Crippen molar-refractivity contribution in [2.45, 2.75) is 32.2 Å². The van der Waals surface area contributed by atoms with Crippen LogP contribution in [-0.2, 0) is 10.0 Å². The molecule has 0 bridgehead atoms. The van der Waals surface area contributed by atoms with Crippen molar-refractivity contribution in [3.63, 3.8) is 0 Å². The molecule has 0 radical (unpaired) electrons. The monoisotopic (exact) mass is 307 g/mol. The first-order valence-electron chi connectivity index (χ1n) is 7.06. The number of imidazole rings is 1. The lowest BCUT2D eigenvalue weighted by atomic mass is 10.0. The molecule has 0 aliphatic carbocycles. The second-order valence-electron chi connectivity index (χ2n) is 5.15. The highest BCUT2D eigenvalue weighted by molar-refractivity contribution is 7.89. The smallest absolute Gasteiger partial charge is 0.212 e. The van der Waals surface area contributed by atoms with Crippen molar-refractivity contribution in [2.75, 3.05) is 5.75 Å². The summed E-state index contributed by atoms with van der Waals surface area (Å²) in [5, 5.41) is 0. The Morgan fingerprint density at radius 1 is 1.29 bits per heavy atom. The van der Waals surface area contributed by atoms with Crippen LogP contribution in [0.15, 0.2) is 42.7 Å². The summed E-state index contributed by atoms with van der Waals surface area (Å²) in [6.07, 6.45) is 3.96. The van der Waals surface area contributed by atoms with Crippen molar-refractivity contribution < 1.29 is 8.42 Å². The van der Waals surface area contributed by atoms with Crippen molar-refractivity contribution >= 4 is 10.0 Å². The van der Waals surface area contributed by atoms with Gasteiger partial charge in [0.2, 0.25) is 10.0 Å². The van der Waals surface area contributed by atoms with Gasteiger partial charge in [-0.05, 0) is 17.9 Å². The zero-order valence-corrected chi connectivity index (χ0v) is 13.1. The van der Waals surface area contributed by atoms with Crippen LogP contribution in [0.25, 0.3) is 0 Å². The zero-order valence-electron chi connectivity index (χ0n) is 12.3. The minimum atomic E-state index is -3.38. The number of rotatable bonds is 7. The zero-order chi connectivity index (χ0) is 15.3. The number of aromatic amines is 1. The molecule has 0 amide bonds. The molecule has 114 valence electrons. The van der Waals surface area contributed by atoms with Gasteiger partial charge in [0, 0.05) is 12.4 Å². The number of benzene rings is 1. The molecule has 0 saturated heterocycles. The van der Waals surface area contributed by atoms with Gasteiger partial charge in [-0.2, -0.15) is 0 Å². The molecule has 1 aromatic carbocycles. The highest BCUT2D eigenvalue weighted by Crippen LogP contribution is 2.19. The third-order valence-electron chi connectivity index (χ3n) is 3.42. The van der Waals surface area contributed by atoms with E-state index in [1.807, 2.05) is 44.2 Å². The van der Waals surface area contributed by atoms with Crippen LogP contribution in [0.5, 0.6) is 0 Å². The third-order valence-corrected chi connectivity index (χ3v) is 5.00. The average molecular weight is 307 g/mol. The minimum absolute atomic E-state index is 0.0576. The SMILES string of the molecule is CCC(NS(=O)(=O)CC(C)c1ccccc1)c1ncc[nH]1. The third kappa shape index (κ3) is 4.41. The molecule has 0 saturated carbocycles. The number of hydrogen-bond acceptors (Lipinski definition) is 3. The molecule has 5 nitrogen and oxygen atoms in total. The van der Waals surface area contributed by atoms with Crippen LogP contribution < -0.4 is 4.72 Å². The van der Waals surface area contributed by atoms with Crippen LogP contribution in [0.1, 0.15) is 43.6 Å². The Bertz CT molecular complexity index is 639. The first-order valence-corrected chi connectivity index (χ1v) is 8.71. The predicted molar refractivity (Wildman–Crippen MR) is 83.4 cm³/mol. The largest absolute Gasteiger partial charge is 0.347 e. The molecular weight excluding hydrogens is 286 g/mol. The standard InChI is InChI=1S/C15H21N3O2S/c1-3-14(15-16-9-10-17-15)18-21(19,20)11-12(2)13-7-5-4-6-8-13/h4-10,12,14,18H,3,11H2,1-2H3,(H,16,17). The van der Waals surface area contributed by atoms with Gasteiger partial charge >= 0.3 is 0 Å². The van der Waals surface area contributed by atoms with Crippen molar-refractivity contribution in [3.8, 4) is 0 Å². The minimum Gasteiger partial charge on any atom is -0.347 e. The maximum Gasteiger partial charge on any atom is 0.212 e. The molecule has 2 aromatic rings. The Hall–Kier alpha value is -1.66. The van der Waals surface area contributed by atoms with Crippen LogP contribution in [0, 0.1) is 0 Å². The lowest BCUT2D eigenvalue weighted by Crippen LogP contribution is -2.32. The summed E-state index contributed by atoms with van der Waals surface area (Å²) in [6, 6.07) is 9.35. The van der Waals surface area contributed by atoms with Crippen molar-refractivity contribution in [2.24, 2.45) is 0 Å². The fraction of sp³-hybridized carbons (Fsp3) is 0.400. The van der Waals surface area contributed by atoms with Crippen molar-refractivity contribution in [1.29, 1.82) is 0 Å². The van der Waals surface area contributed by atoms with Gasteiger partial charge in [0.25, 0.3) is 0 Å². The Balaban J connectivity index is 2.05. The Morgan fingerprint density at radius 3 is 2.57 bits per heavy atom. The van der Waals surface area contributed by atoms with Gasteiger partial charge in [0.1, 0.15) is 5.82 Å². The van der Waals surface area contributed by atoms with Crippen LogP contribution in [-0.4, -0.2) is 24.1 Å². The predicted octanol–water partition coefficient (Wildman–Crippen LogP) is 2.58. The first kappa shape index (κ1) is 15.7. The molecule has 1 aromatic heterocycles. The molecule has 2 N–H and O–H groups in total. The van der Waals surface area contributed by atoms with E-state index in [2.05, 4.69) is 14.7 Å². The number of aromatic nitrogens is 2. The second kappa shape index (κ2) is 6.87. The summed E-state index contributed by atoms with van der Waals surface area (Å²) >= 11 is 0. The van der Waals surface area contributed by atoms with Gasteiger partial charge in [-0.15, -0.1) is 0 Å². The van der Waals surface area contributed by atoms with Crippen molar-refractivity contribution in [3.05, 3.63) is 54.1 Å². The van der Waals surface area contributed by atoms with Crippen LogP contribution in [0.4, 0.5) is 0 Å². The van der Waals surface area contributed by atoms with E-state index in [4.69, 9.17) is 0 Å². The van der Waals surface area contributed by atoms with E-state index in [9.17, 15) is 8.42 Å². The molecule has 0 spiro atoms. The summed E-state index contributed by atoms with van der Waals surface area (Å²) < 4.78 is 27.4. The summed E-state index contributed by atoms with van der Waals surface area (Å²) in [5.74, 6) is 0.653. The lowest BCUT2D eigenvalue weighted by molar-refractivity contribution is 0.535. The van der Waals surface area contributed by atoms with Crippen LogP contribution >= 0.6 is 0 Å². The molecule has 0 aliphatic heterocycles. The Morgan fingerprint density at radius 2 is 2.00 bits per heavy atom. The van der Waals surface area contributed by atoms with Gasteiger partial charge in [0.15, 0.2) is 0 Å². The molecule has 2 rings (SSSR count). The number of hydrogen-bond donors (Lipinski definition) is 2. The number of nitrogens with one attached hydrogen (secondary N) is 2. The summed E-state index contributed by atoms with van der Waals surface area (Å²) in [5.41, 5.74) is 1.02. The number of sulfonamides is 1. The summed E-state index contributed by atoms with van der Waals surface area (Å²) in [7, 11) is -3.38. The van der Waals surface area contributed by atoms with E-state index in [0.717, 1.165) is 5.56 Å². The quantitative estimate of drug-likeness (QED) is 0.825. The average Bonchev–Trinajstić information content (AvgIpc) is 2.99. The number of nitrogens with zero attached hydrogens (tertiary/aromatic N) is 1. The maximum absolute atomic E-state index is 12.3. The Kier molecular flexibility index (Phi) is 5.14. The lowest BCUT2D eigenvalue weighted by Gasteiger charge is -2.17. The van der Waals surface area contributed by atoms with E-state index in [1.54, 1.807) is 12.4 Å². The molecule has 2 unspecified atom stereocenters. The van der Waals surface area contributed by atoms with Gasteiger partial charge in [0.05, 0.1) is 11.8 Å². The summed E-state index contributed by atoms with van der Waals surface area (Å²) in [6.45, 7) is 3.85. The van der Waals surface area contributed by atoms with Gasteiger partial charge in [-0.1, -0.05) is 44.2 Å². The molecule has 2 atom stereocenters. The van der Waals surface area contributed by atoms with Crippen LogP contribution in [0.3, 0.4) is 0 Å². The van der Waals surface area contributed by atoms with Gasteiger partial charge in [-0.3, -0.25) is 0 Å². The fourth-order valence-corrected chi connectivity index (χ4v) is 3.93. The topological polar surface area (TPSA) is 74.8 Å². The second-order valence-corrected chi connectivity index (χ2v) is 6.94. The van der Waals surface area contributed by atoms with Crippen LogP contribution in [0.2, 0.25) is 0 Å². The number of H-pyrrole nitrogens is 1. The van der Waals surface area contributed by atoms with Gasteiger partial charge in [-0.25, -0.2) is 18.1 Å². The molecule has 0 fully saturated rings. The molecular formula is C15H21N3O2S. The molecule has 21 heavy (non-hydrogen) atoms. The van der Waals surface area contributed by atoms with Crippen molar-refractivity contribution in [1.82, 2.24) is 14.7 Å². The Labute approximate surface area is 125 Å². The normalized spacial score (nSPS) is 14.8. The van der Waals surface area contributed by atoms with E-state index < -0.39 is 10.0 Å². The molecule has 0 aliphatic rings. The molecule has 1 heterocycles. The van der Waals surface area contributed by atoms with E-state index in [-0.39, 0.29) is 17.7 Å². The van der Waals surface area contributed by atoms with E-state index in [0.29, 0.717) is 12.2 Å².